The average Bonchev–Trinajstić information content (AvgIpc) is 4.03. The maximum absolute atomic E-state index is 2.50. The third-order valence-electron chi connectivity index (χ3n) is 15.3. The first-order valence-corrected chi connectivity index (χ1v) is 23.6. The van der Waals surface area contributed by atoms with Crippen molar-refractivity contribution < 1.29 is 0 Å². The molecule has 11 aromatic rings. The Hall–Kier alpha value is -8.32. The quantitative estimate of drug-likeness (QED) is 0.156. The highest BCUT2D eigenvalue weighted by Crippen LogP contribution is 2.63. The molecule has 0 nitrogen and oxygen atoms in total. The zero-order valence-corrected chi connectivity index (χ0v) is 36.9. The Labute approximate surface area is 392 Å². The summed E-state index contributed by atoms with van der Waals surface area (Å²) in [6, 6.07) is 96.0. The van der Waals surface area contributed by atoms with E-state index in [1.165, 1.54) is 122 Å². The van der Waals surface area contributed by atoms with E-state index in [1.807, 2.05) is 0 Å². The van der Waals surface area contributed by atoms with Crippen LogP contribution in [-0.2, 0) is 5.41 Å². The molecule has 3 aliphatic rings. The van der Waals surface area contributed by atoms with E-state index < -0.39 is 5.41 Å². The molecular formula is C67H44. The molecule has 312 valence electrons. The topological polar surface area (TPSA) is 0 Å². The second-order valence-corrected chi connectivity index (χ2v) is 18.6. The molecule has 11 aromatic carbocycles. The van der Waals surface area contributed by atoms with Gasteiger partial charge in [-0.25, -0.2) is 0 Å². The second-order valence-electron chi connectivity index (χ2n) is 18.6. The van der Waals surface area contributed by atoms with Crippen LogP contribution in [0.25, 0.3) is 66.4 Å². The molecule has 0 heterocycles. The van der Waals surface area contributed by atoms with E-state index >= 15 is 0 Å². The monoisotopic (exact) mass is 848 g/mol. The Bertz CT molecular complexity index is 3700. The Morgan fingerprint density at radius 1 is 0.284 bits per heavy atom. The van der Waals surface area contributed by atoms with Crippen LogP contribution in [0.5, 0.6) is 0 Å². The van der Waals surface area contributed by atoms with Crippen molar-refractivity contribution in [1.82, 2.24) is 0 Å². The van der Waals surface area contributed by atoms with E-state index in [-0.39, 0.29) is 11.8 Å². The molecule has 0 spiro atoms. The molecule has 0 aromatic heterocycles. The van der Waals surface area contributed by atoms with Crippen molar-refractivity contribution in [2.24, 2.45) is 0 Å². The molecular weight excluding hydrogens is 805 g/mol. The highest BCUT2D eigenvalue weighted by atomic mass is 14.5. The van der Waals surface area contributed by atoms with E-state index in [1.54, 1.807) is 0 Å². The highest BCUT2D eigenvalue weighted by molar-refractivity contribution is 5.97. The third-order valence-corrected chi connectivity index (χ3v) is 15.3. The van der Waals surface area contributed by atoms with Gasteiger partial charge in [-0.1, -0.05) is 243 Å². The molecule has 67 heavy (non-hydrogen) atoms. The molecule has 0 aliphatic heterocycles. The standard InChI is InChI=1S/C67H44/c1-4-18-43(19-5-1)45-22-16-23-48(40-45)63-55-31-13-12-29-52(55)60-41-46(34-36-56(60)63)47-35-37-57-61(42-47)58-38-39-59-53-30-14-15-33-62(53)67(49-24-6-2-7-25-49,50-26-8-3-9-27-50)66(59)65(58)64(57)54-32-17-21-44-20-10-11-28-51(44)54/h1-42,63-64H. The Kier molecular flexibility index (Phi) is 8.43. The van der Waals surface area contributed by atoms with Crippen LogP contribution in [0.1, 0.15) is 67.5 Å². The number of fused-ring (bicyclic) bond motifs is 11. The van der Waals surface area contributed by atoms with Gasteiger partial charge in [-0.05, 0) is 134 Å². The Morgan fingerprint density at radius 2 is 0.806 bits per heavy atom. The van der Waals surface area contributed by atoms with E-state index in [2.05, 4.69) is 255 Å². The van der Waals surface area contributed by atoms with Crippen molar-refractivity contribution in [3.63, 3.8) is 0 Å². The van der Waals surface area contributed by atoms with Crippen molar-refractivity contribution in [3.8, 4) is 55.6 Å². The van der Waals surface area contributed by atoms with Gasteiger partial charge in [-0.3, -0.25) is 0 Å². The van der Waals surface area contributed by atoms with Gasteiger partial charge in [0.1, 0.15) is 0 Å². The van der Waals surface area contributed by atoms with Gasteiger partial charge in [0, 0.05) is 11.8 Å². The van der Waals surface area contributed by atoms with Crippen LogP contribution in [0.3, 0.4) is 0 Å². The average molecular weight is 849 g/mol. The molecule has 2 atom stereocenters. The lowest BCUT2D eigenvalue weighted by Gasteiger charge is -2.36. The SMILES string of the molecule is c1ccc(-c2cccc(C3c4ccccc4-c4cc(-c5ccc6c(c5)-c5ccc7c(c5C6c5cccc6ccccc56)C(c5ccccc5)(c5ccccc5)c5ccccc5-7)ccc43)c2)cc1. The number of rotatable bonds is 6. The predicted molar refractivity (Wildman–Crippen MR) is 278 cm³/mol. The Morgan fingerprint density at radius 3 is 1.57 bits per heavy atom. The summed E-state index contributed by atoms with van der Waals surface area (Å²) in [5, 5.41) is 2.57. The zero-order chi connectivity index (χ0) is 44.1. The fraction of sp³-hybridized carbons (Fsp3) is 0.0448. The van der Waals surface area contributed by atoms with Crippen molar-refractivity contribution in [2.45, 2.75) is 17.3 Å². The summed E-state index contributed by atoms with van der Waals surface area (Å²) < 4.78 is 0. The minimum atomic E-state index is -0.530. The summed E-state index contributed by atoms with van der Waals surface area (Å²) in [6.45, 7) is 0. The highest BCUT2D eigenvalue weighted by Gasteiger charge is 2.50. The molecule has 0 amide bonds. The largest absolute Gasteiger partial charge is 0.0716 e. The number of hydrogen-bond acceptors (Lipinski definition) is 0. The lowest BCUT2D eigenvalue weighted by atomic mass is 9.65. The summed E-state index contributed by atoms with van der Waals surface area (Å²) >= 11 is 0. The van der Waals surface area contributed by atoms with Crippen molar-refractivity contribution >= 4 is 10.8 Å². The fourth-order valence-electron chi connectivity index (χ4n) is 12.6. The molecule has 2 unspecified atom stereocenters. The van der Waals surface area contributed by atoms with Gasteiger partial charge in [-0.15, -0.1) is 0 Å². The van der Waals surface area contributed by atoms with Crippen LogP contribution in [0.2, 0.25) is 0 Å². The lowest BCUT2D eigenvalue weighted by molar-refractivity contribution is 0.753. The van der Waals surface area contributed by atoms with Gasteiger partial charge in [0.2, 0.25) is 0 Å². The second kappa shape index (κ2) is 14.9. The first-order valence-electron chi connectivity index (χ1n) is 23.6. The van der Waals surface area contributed by atoms with Gasteiger partial charge >= 0.3 is 0 Å². The van der Waals surface area contributed by atoms with Crippen LogP contribution in [0.15, 0.2) is 255 Å². The summed E-state index contributed by atoms with van der Waals surface area (Å²) in [5.74, 6) is 0.179. The van der Waals surface area contributed by atoms with Crippen LogP contribution in [0, 0.1) is 0 Å². The van der Waals surface area contributed by atoms with E-state index in [0.29, 0.717) is 0 Å². The molecule has 0 heteroatoms. The molecule has 0 fully saturated rings. The normalized spacial score (nSPS) is 15.6. The summed E-state index contributed by atoms with van der Waals surface area (Å²) in [7, 11) is 0. The van der Waals surface area contributed by atoms with Gasteiger partial charge in [0.25, 0.3) is 0 Å². The van der Waals surface area contributed by atoms with E-state index in [0.717, 1.165) is 0 Å². The van der Waals surface area contributed by atoms with Crippen LogP contribution in [0.4, 0.5) is 0 Å². The minimum Gasteiger partial charge on any atom is -0.0622 e. The summed E-state index contributed by atoms with van der Waals surface area (Å²) in [5.41, 5.74) is 25.9. The third kappa shape index (κ3) is 5.54. The van der Waals surface area contributed by atoms with Crippen molar-refractivity contribution in [1.29, 1.82) is 0 Å². The van der Waals surface area contributed by atoms with Crippen LogP contribution >= 0.6 is 0 Å². The summed E-state index contributed by atoms with van der Waals surface area (Å²) in [4.78, 5) is 0. The maximum atomic E-state index is 2.50. The maximum Gasteiger partial charge on any atom is 0.0716 e. The molecule has 0 N–H and O–H groups in total. The van der Waals surface area contributed by atoms with Gasteiger partial charge in [-0.2, -0.15) is 0 Å². The molecule has 0 bridgehead atoms. The minimum absolute atomic E-state index is 0.0144. The van der Waals surface area contributed by atoms with E-state index in [4.69, 9.17) is 0 Å². The number of benzene rings is 11. The lowest BCUT2D eigenvalue weighted by Crippen LogP contribution is -2.30. The fourth-order valence-corrected chi connectivity index (χ4v) is 12.6. The first kappa shape index (κ1) is 38.0. The van der Waals surface area contributed by atoms with Gasteiger partial charge < -0.3 is 0 Å². The number of hydrogen-bond donors (Lipinski definition) is 0. The Balaban J connectivity index is 0.988. The molecule has 0 saturated heterocycles. The van der Waals surface area contributed by atoms with Gasteiger partial charge in [0.05, 0.1) is 5.41 Å². The first-order chi connectivity index (χ1) is 33.3. The zero-order valence-electron chi connectivity index (χ0n) is 36.9. The molecule has 3 aliphatic carbocycles. The van der Waals surface area contributed by atoms with Crippen LogP contribution in [-0.4, -0.2) is 0 Å². The van der Waals surface area contributed by atoms with Gasteiger partial charge in [0.15, 0.2) is 0 Å². The van der Waals surface area contributed by atoms with E-state index in [9.17, 15) is 0 Å². The van der Waals surface area contributed by atoms with Crippen molar-refractivity contribution in [2.75, 3.05) is 0 Å². The molecule has 0 saturated carbocycles. The van der Waals surface area contributed by atoms with Crippen LogP contribution < -0.4 is 0 Å². The molecule has 14 rings (SSSR count). The summed E-state index contributed by atoms with van der Waals surface area (Å²) in [6.07, 6.45) is 0. The predicted octanol–water partition coefficient (Wildman–Crippen LogP) is 16.9. The van der Waals surface area contributed by atoms with Crippen molar-refractivity contribution in [3.05, 3.63) is 310 Å². The molecule has 0 radical (unpaired) electrons. The smallest absolute Gasteiger partial charge is 0.0622 e.